The average molecular weight is 609 g/mol. The lowest BCUT2D eigenvalue weighted by Gasteiger charge is -2.12. The van der Waals surface area contributed by atoms with Gasteiger partial charge in [-0.25, -0.2) is 0 Å². The van der Waals surface area contributed by atoms with Crippen LogP contribution in [0, 0.1) is 0 Å². The fourth-order valence-electron chi connectivity index (χ4n) is 3.77. The van der Waals surface area contributed by atoms with Crippen LogP contribution >= 0.6 is 43.6 Å². The third-order valence-corrected chi connectivity index (χ3v) is 7.65. The van der Waals surface area contributed by atoms with Gasteiger partial charge in [0.15, 0.2) is 0 Å². The van der Waals surface area contributed by atoms with Gasteiger partial charge < -0.3 is 4.74 Å². The van der Waals surface area contributed by atoms with E-state index in [-0.39, 0.29) is 17.7 Å². The molecule has 1 aliphatic heterocycles. The van der Waals surface area contributed by atoms with Crippen LogP contribution in [0.1, 0.15) is 16.7 Å². The predicted octanol–water partition coefficient (Wildman–Crippen LogP) is 8.18. The molecule has 0 aromatic heterocycles. The van der Waals surface area contributed by atoms with Crippen LogP contribution in [0.3, 0.4) is 0 Å². The van der Waals surface area contributed by atoms with Crippen LogP contribution < -0.4 is 4.74 Å². The van der Waals surface area contributed by atoms with E-state index in [1.54, 1.807) is 6.08 Å². The van der Waals surface area contributed by atoms with E-state index in [9.17, 15) is 9.59 Å². The first-order valence-corrected chi connectivity index (χ1v) is 13.3. The minimum Gasteiger partial charge on any atom is -0.488 e. The van der Waals surface area contributed by atoms with E-state index in [2.05, 4.69) is 62.2 Å². The van der Waals surface area contributed by atoms with Gasteiger partial charge in [-0.3, -0.25) is 14.5 Å². The summed E-state index contributed by atoms with van der Waals surface area (Å²) in [5.41, 5.74) is 2.79. The molecule has 7 heteroatoms. The lowest BCUT2D eigenvalue weighted by molar-refractivity contribution is -0.123. The molecule has 0 bridgehead atoms. The highest BCUT2D eigenvalue weighted by Gasteiger charge is 2.35. The number of ether oxygens (including phenoxy) is 1. The van der Waals surface area contributed by atoms with Crippen LogP contribution in [-0.2, 0) is 17.9 Å². The SMILES string of the molecule is O=C1S/C(=C\c2ccc(OCc3ccc4ccccc4c3)c(Br)c2)C(=O)N1Cc1ccc(Br)cc1. The first-order valence-electron chi connectivity index (χ1n) is 10.9. The number of hydrogen-bond acceptors (Lipinski definition) is 4. The Kier molecular flexibility index (Phi) is 7.09. The van der Waals surface area contributed by atoms with E-state index in [0.29, 0.717) is 17.3 Å². The summed E-state index contributed by atoms with van der Waals surface area (Å²) in [7, 11) is 0. The Morgan fingerprint density at radius 2 is 1.57 bits per heavy atom. The Labute approximate surface area is 224 Å². The molecule has 1 heterocycles. The molecule has 5 rings (SSSR count). The van der Waals surface area contributed by atoms with Crippen LogP contribution in [0.15, 0.2) is 98.8 Å². The molecular weight excluding hydrogens is 590 g/mol. The second kappa shape index (κ2) is 10.4. The second-order valence-electron chi connectivity index (χ2n) is 8.05. The van der Waals surface area contributed by atoms with Crippen LogP contribution in [-0.4, -0.2) is 16.0 Å². The summed E-state index contributed by atoms with van der Waals surface area (Å²) in [5, 5.41) is 2.11. The van der Waals surface area contributed by atoms with Gasteiger partial charge in [-0.2, -0.15) is 0 Å². The number of halogens is 2. The smallest absolute Gasteiger partial charge is 0.293 e. The normalized spacial score (nSPS) is 14.8. The summed E-state index contributed by atoms with van der Waals surface area (Å²) in [4.78, 5) is 27.0. The topological polar surface area (TPSA) is 46.6 Å². The highest BCUT2D eigenvalue weighted by molar-refractivity contribution is 9.10. The largest absolute Gasteiger partial charge is 0.488 e. The molecule has 174 valence electrons. The van der Waals surface area contributed by atoms with Crippen molar-refractivity contribution in [2.45, 2.75) is 13.2 Å². The lowest BCUT2D eigenvalue weighted by Crippen LogP contribution is -2.27. The molecule has 1 aliphatic rings. The molecule has 35 heavy (non-hydrogen) atoms. The summed E-state index contributed by atoms with van der Waals surface area (Å²) in [6, 6.07) is 27.7. The van der Waals surface area contributed by atoms with Crippen molar-refractivity contribution < 1.29 is 14.3 Å². The molecule has 4 aromatic carbocycles. The van der Waals surface area contributed by atoms with Gasteiger partial charge in [0, 0.05) is 4.47 Å². The standard InChI is InChI=1S/C28H19Br2NO3S/c29-23-10-6-18(7-11-23)16-31-27(32)26(35-28(31)33)15-19-8-12-25(24(30)14-19)34-17-20-5-9-21-3-1-2-4-22(21)13-20/h1-15H,16-17H2/b26-15-. The van der Waals surface area contributed by atoms with Crippen molar-refractivity contribution in [3.05, 3.63) is 115 Å². The lowest BCUT2D eigenvalue weighted by atomic mass is 10.1. The van der Waals surface area contributed by atoms with E-state index in [4.69, 9.17) is 4.74 Å². The Bertz CT molecular complexity index is 1470. The molecule has 0 unspecified atom stereocenters. The van der Waals surface area contributed by atoms with E-state index in [0.717, 1.165) is 37.4 Å². The van der Waals surface area contributed by atoms with E-state index in [1.807, 2.05) is 54.6 Å². The van der Waals surface area contributed by atoms with Crippen LogP contribution in [0.25, 0.3) is 16.8 Å². The first kappa shape index (κ1) is 23.9. The minimum atomic E-state index is -0.282. The number of thioether (sulfide) groups is 1. The molecule has 4 nitrogen and oxygen atoms in total. The monoisotopic (exact) mass is 607 g/mol. The van der Waals surface area contributed by atoms with Crippen molar-refractivity contribution in [3.63, 3.8) is 0 Å². The van der Waals surface area contributed by atoms with Gasteiger partial charge >= 0.3 is 0 Å². The van der Waals surface area contributed by atoms with Gasteiger partial charge in [0.05, 0.1) is 15.9 Å². The Hall–Kier alpha value is -2.87. The fourth-order valence-corrected chi connectivity index (χ4v) is 5.39. The number of benzene rings is 4. The van der Waals surface area contributed by atoms with Gasteiger partial charge in [-0.15, -0.1) is 0 Å². The molecular formula is C28H19Br2NO3S. The molecule has 0 N–H and O–H groups in total. The van der Waals surface area contributed by atoms with Crippen molar-refractivity contribution in [1.82, 2.24) is 4.90 Å². The molecule has 0 radical (unpaired) electrons. The predicted molar refractivity (Wildman–Crippen MR) is 148 cm³/mol. The Balaban J connectivity index is 1.27. The Morgan fingerprint density at radius 1 is 0.829 bits per heavy atom. The molecule has 1 fully saturated rings. The van der Waals surface area contributed by atoms with Crippen molar-refractivity contribution in [2.75, 3.05) is 0 Å². The second-order valence-corrected chi connectivity index (χ2v) is 10.8. The van der Waals surface area contributed by atoms with Gasteiger partial charge in [-0.1, -0.05) is 70.5 Å². The first-order chi connectivity index (χ1) is 17.0. The number of hydrogen-bond donors (Lipinski definition) is 0. The summed E-state index contributed by atoms with van der Waals surface area (Å²) >= 11 is 7.93. The van der Waals surface area contributed by atoms with Gasteiger partial charge in [0.2, 0.25) is 0 Å². The molecule has 1 saturated heterocycles. The van der Waals surface area contributed by atoms with Crippen LogP contribution in [0.4, 0.5) is 4.79 Å². The maximum atomic E-state index is 12.9. The van der Waals surface area contributed by atoms with Gasteiger partial charge in [-0.05, 0) is 91.6 Å². The zero-order valence-corrected chi connectivity index (χ0v) is 22.4. The van der Waals surface area contributed by atoms with E-state index >= 15 is 0 Å². The summed E-state index contributed by atoms with van der Waals surface area (Å²) in [6.07, 6.45) is 1.74. The highest BCUT2D eigenvalue weighted by atomic mass is 79.9. The average Bonchev–Trinajstić information content (AvgIpc) is 3.12. The van der Waals surface area contributed by atoms with Gasteiger partial charge in [0.25, 0.3) is 11.1 Å². The maximum absolute atomic E-state index is 12.9. The molecule has 4 aromatic rings. The van der Waals surface area contributed by atoms with Crippen molar-refractivity contribution in [1.29, 1.82) is 0 Å². The number of nitrogens with zero attached hydrogens (tertiary/aromatic N) is 1. The molecule has 0 spiro atoms. The van der Waals surface area contributed by atoms with Crippen molar-refractivity contribution in [2.24, 2.45) is 0 Å². The fraction of sp³-hybridized carbons (Fsp3) is 0.0714. The van der Waals surface area contributed by atoms with E-state index in [1.165, 1.54) is 15.7 Å². The maximum Gasteiger partial charge on any atom is 0.293 e. The number of amides is 2. The van der Waals surface area contributed by atoms with E-state index < -0.39 is 0 Å². The zero-order chi connectivity index (χ0) is 24.4. The number of carbonyl (C=O) groups excluding carboxylic acids is 2. The number of rotatable bonds is 6. The number of carbonyl (C=O) groups is 2. The molecule has 2 amide bonds. The van der Waals surface area contributed by atoms with Crippen LogP contribution in [0.2, 0.25) is 0 Å². The Morgan fingerprint density at radius 3 is 2.34 bits per heavy atom. The molecule has 0 atom stereocenters. The third-order valence-electron chi connectivity index (χ3n) is 5.59. The summed E-state index contributed by atoms with van der Waals surface area (Å²) < 4.78 is 7.75. The summed E-state index contributed by atoms with van der Waals surface area (Å²) in [5.74, 6) is 0.425. The quantitative estimate of drug-likeness (QED) is 0.207. The molecule has 0 saturated carbocycles. The summed E-state index contributed by atoms with van der Waals surface area (Å²) in [6.45, 7) is 0.693. The van der Waals surface area contributed by atoms with Gasteiger partial charge in [0.1, 0.15) is 12.4 Å². The minimum absolute atomic E-state index is 0.251. The van der Waals surface area contributed by atoms with Crippen molar-refractivity contribution in [3.8, 4) is 5.75 Å². The zero-order valence-electron chi connectivity index (χ0n) is 18.4. The number of imide groups is 1. The third kappa shape index (κ3) is 5.53. The van der Waals surface area contributed by atoms with Crippen molar-refractivity contribution >= 4 is 71.6 Å². The highest BCUT2D eigenvalue weighted by Crippen LogP contribution is 2.35. The number of fused-ring (bicyclic) bond motifs is 1. The molecule has 0 aliphatic carbocycles. The van der Waals surface area contributed by atoms with Crippen LogP contribution in [0.5, 0.6) is 5.75 Å².